The van der Waals surface area contributed by atoms with Crippen LogP contribution in [-0.4, -0.2) is 13.7 Å². The van der Waals surface area contributed by atoms with Crippen molar-refractivity contribution in [1.82, 2.24) is 5.32 Å². The molecule has 0 saturated heterocycles. The van der Waals surface area contributed by atoms with Crippen LogP contribution >= 0.6 is 0 Å². The van der Waals surface area contributed by atoms with Crippen LogP contribution in [0.4, 0.5) is 0 Å². The maximum absolute atomic E-state index is 6.02. The summed E-state index contributed by atoms with van der Waals surface area (Å²) in [6, 6.07) is 16.5. The fourth-order valence-electron chi connectivity index (χ4n) is 3.06. The molecule has 0 radical (unpaired) electrons. The van der Waals surface area contributed by atoms with Crippen LogP contribution in [0.15, 0.2) is 52.9 Å². The molecule has 1 atom stereocenters. The molecule has 0 fully saturated rings. The molecule has 3 aromatic rings. The molecule has 0 saturated carbocycles. The normalized spacial score (nSPS) is 14.9. The molecule has 0 spiro atoms. The molecular formula is C18H17NO2. The molecule has 106 valence electrons. The third-order valence-corrected chi connectivity index (χ3v) is 4.07. The molecule has 4 rings (SSSR count). The van der Waals surface area contributed by atoms with Gasteiger partial charge in [-0.05, 0) is 24.7 Å². The number of fused-ring (bicyclic) bond motifs is 2. The van der Waals surface area contributed by atoms with Gasteiger partial charge in [-0.3, -0.25) is 0 Å². The molecule has 0 amide bonds. The molecule has 0 aliphatic carbocycles. The number of hydrogen-bond acceptors (Lipinski definition) is 3. The summed E-state index contributed by atoms with van der Waals surface area (Å²) < 4.78 is 11.8. The number of para-hydroxylation sites is 2. The summed E-state index contributed by atoms with van der Waals surface area (Å²) in [5.41, 5.74) is 3.34. The largest absolute Gasteiger partial charge is 0.493 e. The molecule has 3 nitrogen and oxygen atoms in total. The lowest BCUT2D eigenvalue weighted by molar-refractivity contribution is 0.349. The average molecular weight is 279 g/mol. The Balaban J connectivity index is 1.83. The first-order valence-corrected chi connectivity index (χ1v) is 7.27. The van der Waals surface area contributed by atoms with Gasteiger partial charge in [0.2, 0.25) is 0 Å². The molecule has 1 aliphatic rings. The Bertz CT molecular complexity index is 758. The molecule has 1 aromatic heterocycles. The van der Waals surface area contributed by atoms with Gasteiger partial charge in [0.15, 0.2) is 0 Å². The summed E-state index contributed by atoms with van der Waals surface area (Å²) in [6.07, 6.45) is 0.986. The van der Waals surface area contributed by atoms with E-state index in [2.05, 4.69) is 35.6 Å². The highest BCUT2D eigenvalue weighted by molar-refractivity contribution is 5.78. The summed E-state index contributed by atoms with van der Waals surface area (Å²) in [4.78, 5) is 0. The maximum Gasteiger partial charge on any atom is 0.134 e. The van der Waals surface area contributed by atoms with Crippen molar-refractivity contribution < 1.29 is 9.15 Å². The van der Waals surface area contributed by atoms with Gasteiger partial charge >= 0.3 is 0 Å². The minimum absolute atomic E-state index is 0.00505. The first-order valence-electron chi connectivity index (χ1n) is 7.27. The molecule has 2 aromatic carbocycles. The van der Waals surface area contributed by atoms with Gasteiger partial charge in [0.1, 0.15) is 17.1 Å². The fraction of sp³-hybridized carbons (Fsp3) is 0.222. The van der Waals surface area contributed by atoms with E-state index in [-0.39, 0.29) is 6.04 Å². The van der Waals surface area contributed by atoms with Crippen LogP contribution < -0.4 is 10.1 Å². The lowest BCUT2D eigenvalue weighted by Gasteiger charge is -2.17. The molecule has 0 bridgehead atoms. The maximum atomic E-state index is 6.02. The van der Waals surface area contributed by atoms with Crippen molar-refractivity contribution in [3.05, 3.63) is 65.4 Å². The number of rotatable bonds is 3. The van der Waals surface area contributed by atoms with E-state index in [4.69, 9.17) is 9.15 Å². The van der Waals surface area contributed by atoms with Crippen LogP contribution in [0, 0.1) is 0 Å². The summed E-state index contributed by atoms with van der Waals surface area (Å²) in [5.74, 6) is 1.93. The second kappa shape index (κ2) is 4.93. The lowest BCUT2D eigenvalue weighted by Crippen LogP contribution is -2.17. The van der Waals surface area contributed by atoms with Crippen LogP contribution in [0.3, 0.4) is 0 Å². The molecule has 1 aliphatic heterocycles. The number of ether oxygens (including phenoxy) is 1. The monoisotopic (exact) mass is 279 g/mol. The van der Waals surface area contributed by atoms with Gasteiger partial charge in [-0.1, -0.05) is 36.4 Å². The zero-order valence-electron chi connectivity index (χ0n) is 11.9. The van der Waals surface area contributed by atoms with Crippen molar-refractivity contribution in [2.24, 2.45) is 0 Å². The van der Waals surface area contributed by atoms with Gasteiger partial charge in [0.05, 0.1) is 12.6 Å². The van der Waals surface area contributed by atoms with Crippen molar-refractivity contribution in [2.45, 2.75) is 12.5 Å². The highest BCUT2D eigenvalue weighted by Crippen LogP contribution is 2.37. The second-order valence-corrected chi connectivity index (χ2v) is 5.34. The third kappa shape index (κ3) is 2.01. The molecule has 21 heavy (non-hydrogen) atoms. The SMILES string of the molecule is CNC(c1cc2ccccc2o1)c1cccc2c1OCC2. The first-order chi connectivity index (χ1) is 10.4. The van der Waals surface area contributed by atoms with Gasteiger partial charge in [0.25, 0.3) is 0 Å². The highest BCUT2D eigenvalue weighted by Gasteiger charge is 2.24. The Morgan fingerprint density at radius 1 is 1.10 bits per heavy atom. The molecule has 3 heteroatoms. The van der Waals surface area contributed by atoms with Gasteiger partial charge in [-0.2, -0.15) is 0 Å². The van der Waals surface area contributed by atoms with E-state index in [1.807, 2.05) is 25.2 Å². The van der Waals surface area contributed by atoms with E-state index < -0.39 is 0 Å². The average Bonchev–Trinajstić information content (AvgIpc) is 3.14. The van der Waals surface area contributed by atoms with E-state index in [0.29, 0.717) is 0 Å². The summed E-state index contributed by atoms with van der Waals surface area (Å²) in [5, 5.41) is 4.48. The van der Waals surface area contributed by atoms with Gasteiger partial charge in [-0.15, -0.1) is 0 Å². The van der Waals surface area contributed by atoms with E-state index in [9.17, 15) is 0 Å². The van der Waals surface area contributed by atoms with Crippen LogP contribution in [0.25, 0.3) is 11.0 Å². The Labute approximate surface area is 123 Å². The van der Waals surface area contributed by atoms with E-state index in [1.54, 1.807) is 0 Å². The number of furan rings is 1. The summed E-state index contributed by atoms with van der Waals surface area (Å²) in [6.45, 7) is 0.767. The summed E-state index contributed by atoms with van der Waals surface area (Å²) in [7, 11) is 1.95. The van der Waals surface area contributed by atoms with Crippen molar-refractivity contribution in [2.75, 3.05) is 13.7 Å². The van der Waals surface area contributed by atoms with Crippen molar-refractivity contribution in [3.8, 4) is 5.75 Å². The van der Waals surface area contributed by atoms with Crippen LogP contribution in [0.5, 0.6) is 5.75 Å². The fourth-order valence-corrected chi connectivity index (χ4v) is 3.06. The predicted octanol–water partition coefficient (Wildman–Crippen LogP) is 3.68. The minimum Gasteiger partial charge on any atom is -0.493 e. The Kier molecular flexibility index (Phi) is 2.93. The third-order valence-electron chi connectivity index (χ3n) is 4.07. The Hall–Kier alpha value is -2.26. The van der Waals surface area contributed by atoms with Crippen LogP contribution in [0.1, 0.15) is 22.9 Å². The van der Waals surface area contributed by atoms with Crippen molar-refractivity contribution in [3.63, 3.8) is 0 Å². The molecule has 2 heterocycles. The Morgan fingerprint density at radius 3 is 2.86 bits per heavy atom. The zero-order valence-corrected chi connectivity index (χ0v) is 11.9. The topological polar surface area (TPSA) is 34.4 Å². The number of hydrogen-bond donors (Lipinski definition) is 1. The minimum atomic E-state index is 0.00505. The lowest BCUT2D eigenvalue weighted by atomic mass is 10.00. The second-order valence-electron chi connectivity index (χ2n) is 5.34. The van der Waals surface area contributed by atoms with Crippen LogP contribution in [-0.2, 0) is 6.42 Å². The summed E-state index contributed by atoms with van der Waals surface area (Å²) >= 11 is 0. The smallest absolute Gasteiger partial charge is 0.134 e. The van der Waals surface area contributed by atoms with Crippen LogP contribution in [0.2, 0.25) is 0 Å². The molecule has 1 N–H and O–H groups in total. The standard InChI is InChI=1S/C18H17NO2/c1-19-17(14-7-4-6-12-9-10-20-18(12)14)16-11-13-5-2-3-8-15(13)21-16/h2-8,11,17,19H,9-10H2,1H3. The van der Waals surface area contributed by atoms with Gasteiger partial charge < -0.3 is 14.5 Å². The van der Waals surface area contributed by atoms with E-state index in [1.165, 1.54) is 5.56 Å². The zero-order chi connectivity index (χ0) is 14.2. The van der Waals surface area contributed by atoms with Gasteiger partial charge in [-0.25, -0.2) is 0 Å². The first kappa shape index (κ1) is 12.5. The van der Waals surface area contributed by atoms with Crippen molar-refractivity contribution in [1.29, 1.82) is 0 Å². The van der Waals surface area contributed by atoms with E-state index in [0.717, 1.165) is 41.1 Å². The Morgan fingerprint density at radius 2 is 2.00 bits per heavy atom. The number of benzene rings is 2. The molecular weight excluding hydrogens is 262 g/mol. The van der Waals surface area contributed by atoms with Crippen molar-refractivity contribution >= 4 is 11.0 Å². The predicted molar refractivity (Wildman–Crippen MR) is 82.8 cm³/mol. The number of nitrogens with one attached hydrogen (secondary N) is 1. The van der Waals surface area contributed by atoms with Gasteiger partial charge in [0, 0.05) is 17.4 Å². The highest BCUT2D eigenvalue weighted by atomic mass is 16.5. The quantitative estimate of drug-likeness (QED) is 0.794. The van der Waals surface area contributed by atoms with E-state index >= 15 is 0 Å². The molecule has 1 unspecified atom stereocenters.